The molecule has 1 atom stereocenters. The van der Waals surface area contributed by atoms with Crippen molar-refractivity contribution in [1.29, 1.82) is 0 Å². The van der Waals surface area contributed by atoms with Gasteiger partial charge >= 0.3 is 5.91 Å². The van der Waals surface area contributed by atoms with E-state index < -0.39 is 17.7 Å². The molecule has 1 N–H and O–H groups in total. The number of halogens is 2. The van der Waals surface area contributed by atoms with E-state index >= 15 is 0 Å². The molecule has 4 aromatic rings. The lowest BCUT2D eigenvalue weighted by atomic mass is 9.95. The molecule has 13 heteroatoms. The Morgan fingerprint density at radius 1 is 1.07 bits per heavy atom. The number of rotatable bonds is 10. The van der Waals surface area contributed by atoms with Crippen LogP contribution in [0.25, 0.3) is 5.76 Å². The predicted octanol–water partition coefficient (Wildman–Crippen LogP) is 7.96. The van der Waals surface area contributed by atoms with Gasteiger partial charge in [-0.25, -0.2) is 0 Å². The van der Waals surface area contributed by atoms with E-state index in [0.29, 0.717) is 74.3 Å². The fraction of sp³-hybridized carbons (Fsp3) is 0.273. The first-order chi connectivity index (χ1) is 22.2. The molecule has 1 fully saturated rings. The number of thioether (sulfide) groups is 1. The monoisotopic (exact) mass is 697 g/mol. The van der Waals surface area contributed by atoms with Gasteiger partial charge in [0.25, 0.3) is 5.78 Å². The van der Waals surface area contributed by atoms with E-state index in [1.165, 1.54) is 16.7 Å². The van der Waals surface area contributed by atoms with Crippen molar-refractivity contribution in [2.45, 2.75) is 36.4 Å². The third-order valence-electron chi connectivity index (χ3n) is 7.37. The van der Waals surface area contributed by atoms with Crippen LogP contribution in [0.15, 0.2) is 70.6 Å². The maximum Gasteiger partial charge on any atom is 0.301 e. The largest absolute Gasteiger partial charge is 0.507 e. The molecule has 1 amide bonds. The van der Waals surface area contributed by atoms with Crippen LogP contribution < -0.4 is 19.1 Å². The third kappa shape index (κ3) is 6.83. The van der Waals surface area contributed by atoms with Crippen LogP contribution in [0.5, 0.6) is 17.2 Å². The summed E-state index contributed by atoms with van der Waals surface area (Å²) < 4.78 is 17.9. The van der Waals surface area contributed by atoms with Gasteiger partial charge in [-0.1, -0.05) is 78.3 Å². The number of amides is 1. The van der Waals surface area contributed by atoms with Crippen molar-refractivity contribution in [3.8, 4) is 17.2 Å². The van der Waals surface area contributed by atoms with Crippen molar-refractivity contribution in [3.63, 3.8) is 0 Å². The number of carbonyl (C=O) groups is 2. The minimum Gasteiger partial charge on any atom is -0.507 e. The first kappa shape index (κ1) is 32.2. The molecule has 0 radical (unpaired) electrons. The second kappa shape index (κ2) is 13.9. The van der Waals surface area contributed by atoms with Crippen LogP contribution in [0, 0.1) is 5.92 Å². The fourth-order valence-electron chi connectivity index (χ4n) is 5.01. The summed E-state index contributed by atoms with van der Waals surface area (Å²) in [5, 5.41) is 21.5. The van der Waals surface area contributed by atoms with Gasteiger partial charge in [-0.15, -0.1) is 10.2 Å². The Kier molecular flexibility index (Phi) is 9.74. The van der Waals surface area contributed by atoms with Gasteiger partial charge in [0.1, 0.15) is 24.7 Å². The van der Waals surface area contributed by atoms with Crippen LogP contribution in [-0.2, 0) is 15.3 Å². The number of aliphatic hydroxyl groups is 1. The van der Waals surface area contributed by atoms with Crippen LogP contribution in [0.3, 0.4) is 0 Å². The van der Waals surface area contributed by atoms with Gasteiger partial charge in [-0.05, 0) is 65.9 Å². The molecule has 238 valence electrons. The number of anilines is 1. The number of ether oxygens (including phenoxy) is 3. The van der Waals surface area contributed by atoms with Gasteiger partial charge in [-0.3, -0.25) is 14.5 Å². The van der Waals surface area contributed by atoms with Crippen molar-refractivity contribution >= 4 is 68.9 Å². The molecule has 0 saturated carbocycles. The van der Waals surface area contributed by atoms with Gasteiger partial charge in [0.2, 0.25) is 5.13 Å². The lowest BCUT2D eigenvalue weighted by Gasteiger charge is -2.23. The second-order valence-corrected chi connectivity index (χ2v) is 14.0. The molecule has 6 rings (SSSR count). The van der Waals surface area contributed by atoms with E-state index in [0.717, 1.165) is 23.3 Å². The number of aromatic nitrogens is 2. The van der Waals surface area contributed by atoms with Crippen LogP contribution in [0.4, 0.5) is 5.13 Å². The molecular formula is C33H29Cl2N3O6S2. The van der Waals surface area contributed by atoms with Crippen molar-refractivity contribution in [1.82, 2.24) is 10.2 Å². The third-order valence-corrected chi connectivity index (χ3v) is 10.1. The lowest BCUT2D eigenvalue weighted by molar-refractivity contribution is -0.132. The van der Waals surface area contributed by atoms with E-state index in [-0.39, 0.29) is 16.5 Å². The zero-order valence-corrected chi connectivity index (χ0v) is 28.0. The summed E-state index contributed by atoms with van der Waals surface area (Å²) in [6.45, 7) is 5.50. The van der Waals surface area contributed by atoms with Gasteiger partial charge in [0.05, 0.1) is 18.2 Å². The molecule has 0 spiro atoms. The normalized spacial score (nSPS) is 17.2. The minimum atomic E-state index is -1.00. The number of nitrogens with zero attached hydrogens (tertiary/aromatic N) is 3. The Bertz CT molecular complexity index is 1830. The predicted molar refractivity (Wildman–Crippen MR) is 180 cm³/mol. The molecule has 0 aliphatic carbocycles. The number of hydrogen-bond acceptors (Lipinski definition) is 10. The average molecular weight is 699 g/mol. The number of Topliss-reactive ketones (excluding diaryl/α,β-unsaturated/α-hetero) is 1. The molecule has 46 heavy (non-hydrogen) atoms. The summed E-state index contributed by atoms with van der Waals surface area (Å²) in [4.78, 5) is 28.7. The second-order valence-electron chi connectivity index (χ2n) is 11.0. The quantitative estimate of drug-likeness (QED) is 0.0580. The van der Waals surface area contributed by atoms with E-state index in [2.05, 4.69) is 24.0 Å². The molecule has 2 aliphatic heterocycles. The van der Waals surface area contributed by atoms with Crippen LogP contribution in [-0.4, -0.2) is 46.8 Å². The molecule has 3 heterocycles. The van der Waals surface area contributed by atoms with Gasteiger partial charge < -0.3 is 19.3 Å². The first-order valence-corrected chi connectivity index (χ1v) is 17.1. The van der Waals surface area contributed by atoms with E-state index in [1.54, 1.807) is 48.5 Å². The smallest absolute Gasteiger partial charge is 0.301 e. The number of hydrogen-bond donors (Lipinski definition) is 1. The minimum absolute atomic E-state index is 0.0849. The van der Waals surface area contributed by atoms with Crippen LogP contribution >= 0.6 is 46.3 Å². The summed E-state index contributed by atoms with van der Waals surface area (Å²) >= 11 is 14.9. The molecule has 1 saturated heterocycles. The zero-order chi connectivity index (χ0) is 32.4. The SMILES string of the molecule is CC(C)CCOc1cccc([C@H]2/C(=C(\O)c3ccc4c(c3)OCCO4)C(=O)C(=O)N2c2nnc(SCc3ccc(Cl)cc3Cl)s2)c1. The summed E-state index contributed by atoms with van der Waals surface area (Å²) in [5.74, 6) is 0.484. The first-order valence-electron chi connectivity index (χ1n) is 14.5. The summed E-state index contributed by atoms with van der Waals surface area (Å²) in [6.07, 6.45) is 0.860. The summed E-state index contributed by atoms with van der Waals surface area (Å²) in [7, 11) is 0. The summed E-state index contributed by atoms with van der Waals surface area (Å²) in [5.41, 5.74) is 1.66. The summed E-state index contributed by atoms with van der Waals surface area (Å²) in [6, 6.07) is 16.3. The Hall–Kier alpha value is -3.77. The zero-order valence-electron chi connectivity index (χ0n) is 24.9. The van der Waals surface area contributed by atoms with Crippen molar-refractivity contribution < 1.29 is 28.9 Å². The molecule has 3 aromatic carbocycles. The Balaban J connectivity index is 1.38. The van der Waals surface area contributed by atoms with Gasteiger partial charge in [0, 0.05) is 21.4 Å². The molecular weight excluding hydrogens is 669 g/mol. The molecule has 0 unspecified atom stereocenters. The van der Waals surface area contributed by atoms with Crippen LogP contribution in [0.2, 0.25) is 10.0 Å². The number of carbonyl (C=O) groups excluding carboxylic acids is 2. The van der Waals surface area contributed by atoms with Gasteiger partial charge in [-0.2, -0.15) is 0 Å². The number of ketones is 1. The number of fused-ring (bicyclic) bond motifs is 1. The highest BCUT2D eigenvalue weighted by atomic mass is 35.5. The topological polar surface area (TPSA) is 111 Å². The van der Waals surface area contributed by atoms with E-state index in [4.69, 9.17) is 37.4 Å². The highest BCUT2D eigenvalue weighted by Gasteiger charge is 2.48. The Labute approximate surface area is 284 Å². The standard InChI is InChI=1S/C33H29Cl2N3O6S2/c1-18(2)10-11-42-23-5-3-4-19(14-23)28-27(29(39)20-7-9-25-26(15-20)44-13-12-43-25)30(40)31(41)38(28)32-36-37-33(46-32)45-17-21-6-8-22(34)16-24(21)35/h3-9,14-16,18,28,39H,10-13,17H2,1-2H3/b29-27+/t28-/m0/s1. The molecule has 9 nitrogen and oxygen atoms in total. The number of aliphatic hydroxyl groups excluding tert-OH is 1. The lowest BCUT2D eigenvalue weighted by Crippen LogP contribution is -2.29. The maximum absolute atomic E-state index is 13.7. The number of benzene rings is 3. The fourth-order valence-corrected chi connectivity index (χ4v) is 7.44. The van der Waals surface area contributed by atoms with Crippen molar-refractivity contribution in [3.05, 3.63) is 93.0 Å². The molecule has 1 aromatic heterocycles. The van der Waals surface area contributed by atoms with Crippen LogP contribution in [0.1, 0.15) is 43.0 Å². The Morgan fingerprint density at radius 2 is 1.87 bits per heavy atom. The average Bonchev–Trinajstić information content (AvgIpc) is 3.61. The highest BCUT2D eigenvalue weighted by Crippen LogP contribution is 2.45. The van der Waals surface area contributed by atoms with Gasteiger partial charge in [0.15, 0.2) is 15.8 Å². The Morgan fingerprint density at radius 3 is 2.65 bits per heavy atom. The van der Waals surface area contributed by atoms with E-state index in [9.17, 15) is 14.7 Å². The van der Waals surface area contributed by atoms with Crippen molar-refractivity contribution in [2.75, 3.05) is 24.7 Å². The van der Waals surface area contributed by atoms with Crippen molar-refractivity contribution in [2.24, 2.45) is 5.92 Å². The highest BCUT2D eigenvalue weighted by molar-refractivity contribution is 8.00. The molecule has 0 bridgehead atoms. The molecule has 2 aliphatic rings. The van der Waals surface area contributed by atoms with E-state index in [1.807, 2.05) is 12.1 Å². The maximum atomic E-state index is 13.7.